The van der Waals surface area contributed by atoms with Crippen molar-refractivity contribution >= 4 is 23.4 Å². The van der Waals surface area contributed by atoms with Crippen LogP contribution in [0.1, 0.15) is 5.56 Å². The molecule has 1 heterocycles. The number of benzene rings is 2. The Bertz CT molecular complexity index is 689. The van der Waals surface area contributed by atoms with Crippen LogP contribution in [0.25, 0.3) is 6.08 Å². The summed E-state index contributed by atoms with van der Waals surface area (Å²) in [6.07, 6.45) is 3.53. The number of amides is 1. The van der Waals surface area contributed by atoms with Gasteiger partial charge in [-0.15, -0.1) is 0 Å². The molecule has 0 atom stereocenters. The monoisotopic (exact) mass is 307 g/mol. The summed E-state index contributed by atoms with van der Waals surface area (Å²) in [6.45, 7) is 3.11. The maximum atomic E-state index is 12.3. The molecule has 0 radical (unpaired) electrons. The average molecular weight is 307 g/mol. The molecule has 4 nitrogen and oxygen atoms in total. The van der Waals surface area contributed by atoms with E-state index < -0.39 is 0 Å². The summed E-state index contributed by atoms with van der Waals surface area (Å²) in [4.78, 5) is 16.4. The van der Waals surface area contributed by atoms with E-state index in [1.165, 1.54) is 0 Å². The molecule has 2 aromatic carbocycles. The SMILES string of the molecule is Nc1cccc(N2CCN(C(=O)/C=C/c3ccccc3)CC2)c1. The quantitative estimate of drug-likeness (QED) is 0.700. The van der Waals surface area contributed by atoms with Gasteiger partial charge in [-0.2, -0.15) is 0 Å². The van der Waals surface area contributed by atoms with Crippen molar-refractivity contribution in [1.82, 2.24) is 4.90 Å². The van der Waals surface area contributed by atoms with Gasteiger partial charge in [0.25, 0.3) is 0 Å². The Morgan fingerprint density at radius 2 is 1.70 bits per heavy atom. The zero-order chi connectivity index (χ0) is 16.1. The number of carbonyl (C=O) groups excluding carboxylic acids is 1. The molecule has 0 aliphatic carbocycles. The number of hydrogen-bond acceptors (Lipinski definition) is 3. The Balaban J connectivity index is 1.56. The van der Waals surface area contributed by atoms with Crippen LogP contribution in [0.15, 0.2) is 60.7 Å². The standard InChI is InChI=1S/C19H21N3O/c20-17-7-4-8-18(15-17)21-11-13-22(14-12-21)19(23)10-9-16-5-2-1-3-6-16/h1-10,15H,11-14,20H2/b10-9+. The molecule has 0 saturated carbocycles. The van der Waals surface area contributed by atoms with Crippen LogP contribution in [-0.4, -0.2) is 37.0 Å². The van der Waals surface area contributed by atoms with Crippen LogP contribution >= 0.6 is 0 Å². The van der Waals surface area contributed by atoms with Gasteiger partial charge in [-0.05, 0) is 29.8 Å². The smallest absolute Gasteiger partial charge is 0.246 e. The first kappa shape index (κ1) is 15.2. The normalized spacial score (nSPS) is 15.1. The molecule has 1 aliphatic heterocycles. The number of nitrogens with two attached hydrogens (primary N) is 1. The number of piperazine rings is 1. The molecular formula is C19H21N3O. The fourth-order valence-electron chi connectivity index (χ4n) is 2.74. The molecule has 0 aromatic heterocycles. The van der Waals surface area contributed by atoms with E-state index in [-0.39, 0.29) is 5.91 Å². The number of nitrogen functional groups attached to an aromatic ring is 1. The first-order chi connectivity index (χ1) is 11.2. The Morgan fingerprint density at radius 3 is 2.39 bits per heavy atom. The number of nitrogens with zero attached hydrogens (tertiary/aromatic N) is 2. The Hall–Kier alpha value is -2.75. The second-order valence-electron chi connectivity index (χ2n) is 5.65. The van der Waals surface area contributed by atoms with Crippen molar-refractivity contribution < 1.29 is 4.79 Å². The van der Waals surface area contributed by atoms with Crippen molar-refractivity contribution in [3.05, 3.63) is 66.2 Å². The highest BCUT2D eigenvalue weighted by Gasteiger charge is 2.19. The molecule has 3 rings (SSSR count). The predicted molar refractivity (Wildman–Crippen MR) is 95.1 cm³/mol. The molecule has 2 N–H and O–H groups in total. The van der Waals surface area contributed by atoms with Crippen LogP contribution in [0, 0.1) is 0 Å². The second-order valence-corrected chi connectivity index (χ2v) is 5.65. The Morgan fingerprint density at radius 1 is 0.957 bits per heavy atom. The lowest BCUT2D eigenvalue weighted by Gasteiger charge is -2.35. The highest BCUT2D eigenvalue weighted by molar-refractivity contribution is 5.92. The van der Waals surface area contributed by atoms with Gasteiger partial charge in [-0.3, -0.25) is 4.79 Å². The molecule has 0 bridgehead atoms. The molecule has 4 heteroatoms. The molecule has 1 saturated heterocycles. The van der Waals surface area contributed by atoms with Crippen molar-refractivity contribution in [2.24, 2.45) is 0 Å². The Kier molecular flexibility index (Phi) is 4.62. The summed E-state index contributed by atoms with van der Waals surface area (Å²) in [5.41, 5.74) is 8.77. The van der Waals surface area contributed by atoms with E-state index in [2.05, 4.69) is 11.0 Å². The van der Waals surface area contributed by atoms with Crippen molar-refractivity contribution in [1.29, 1.82) is 0 Å². The van der Waals surface area contributed by atoms with Gasteiger partial charge in [-0.25, -0.2) is 0 Å². The van der Waals surface area contributed by atoms with Gasteiger partial charge in [0.05, 0.1) is 0 Å². The molecular weight excluding hydrogens is 286 g/mol. The zero-order valence-electron chi connectivity index (χ0n) is 13.1. The van der Waals surface area contributed by atoms with Gasteiger partial charge in [0.2, 0.25) is 5.91 Å². The molecule has 1 aliphatic rings. The topological polar surface area (TPSA) is 49.6 Å². The zero-order valence-corrected chi connectivity index (χ0v) is 13.1. The first-order valence-electron chi connectivity index (χ1n) is 7.85. The van der Waals surface area contributed by atoms with Crippen LogP contribution in [0.5, 0.6) is 0 Å². The van der Waals surface area contributed by atoms with E-state index in [1.807, 2.05) is 59.5 Å². The van der Waals surface area contributed by atoms with Crippen molar-refractivity contribution in [2.75, 3.05) is 36.8 Å². The fraction of sp³-hybridized carbons (Fsp3) is 0.211. The molecule has 0 spiro atoms. The van der Waals surface area contributed by atoms with E-state index in [9.17, 15) is 4.79 Å². The summed E-state index contributed by atoms with van der Waals surface area (Å²) in [6, 6.07) is 17.8. The molecule has 0 unspecified atom stereocenters. The molecule has 2 aromatic rings. The third kappa shape index (κ3) is 3.92. The fourth-order valence-corrected chi connectivity index (χ4v) is 2.74. The minimum Gasteiger partial charge on any atom is -0.399 e. The number of anilines is 2. The number of hydrogen-bond donors (Lipinski definition) is 1. The van der Waals surface area contributed by atoms with Gasteiger partial charge < -0.3 is 15.5 Å². The molecule has 1 fully saturated rings. The maximum Gasteiger partial charge on any atom is 0.246 e. The highest BCUT2D eigenvalue weighted by atomic mass is 16.2. The Labute approximate surface area is 136 Å². The van der Waals surface area contributed by atoms with E-state index in [4.69, 9.17) is 5.73 Å². The summed E-state index contributed by atoms with van der Waals surface area (Å²) >= 11 is 0. The number of rotatable bonds is 3. The van der Waals surface area contributed by atoms with Gasteiger partial charge in [0.1, 0.15) is 0 Å². The van der Waals surface area contributed by atoms with E-state index >= 15 is 0 Å². The van der Waals surface area contributed by atoms with Crippen molar-refractivity contribution in [3.63, 3.8) is 0 Å². The molecule has 118 valence electrons. The van der Waals surface area contributed by atoms with Crippen LogP contribution in [0.4, 0.5) is 11.4 Å². The van der Waals surface area contributed by atoms with E-state index in [0.717, 1.165) is 43.1 Å². The lowest BCUT2D eigenvalue weighted by molar-refractivity contribution is -0.126. The minimum absolute atomic E-state index is 0.0704. The van der Waals surface area contributed by atoms with Gasteiger partial charge in [0, 0.05) is 43.6 Å². The van der Waals surface area contributed by atoms with E-state index in [1.54, 1.807) is 6.08 Å². The third-order valence-electron chi connectivity index (χ3n) is 4.04. The first-order valence-corrected chi connectivity index (χ1v) is 7.85. The third-order valence-corrected chi connectivity index (χ3v) is 4.04. The summed E-state index contributed by atoms with van der Waals surface area (Å²) in [5.74, 6) is 0.0704. The average Bonchev–Trinajstić information content (AvgIpc) is 2.61. The van der Waals surface area contributed by atoms with Crippen LogP contribution in [-0.2, 0) is 4.79 Å². The van der Waals surface area contributed by atoms with Crippen molar-refractivity contribution in [3.8, 4) is 0 Å². The van der Waals surface area contributed by atoms with Crippen molar-refractivity contribution in [2.45, 2.75) is 0 Å². The summed E-state index contributed by atoms with van der Waals surface area (Å²) < 4.78 is 0. The maximum absolute atomic E-state index is 12.3. The minimum atomic E-state index is 0.0704. The second kappa shape index (κ2) is 7.01. The summed E-state index contributed by atoms with van der Waals surface area (Å²) in [7, 11) is 0. The summed E-state index contributed by atoms with van der Waals surface area (Å²) in [5, 5.41) is 0. The predicted octanol–water partition coefficient (Wildman–Crippen LogP) is 2.63. The molecule has 1 amide bonds. The van der Waals surface area contributed by atoms with Gasteiger partial charge in [-0.1, -0.05) is 36.4 Å². The van der Waals surface area contributed by atoms with Gasteiger partial charge >= 0.3 is 0 Å². The lowest BCUT2D eigenvalue weighted by atomic mass is 10.2. The van der Waals surface area contributed by atoms with Crippen LogP contribution < -0.4 is 10.6 Å². The lowest BCUT2D eigenvalue weighted by Crippen LogP contribution is -2.48. The van der Waals surface area contributed by atoms with Gasteiger partial charge in [0.15, 0.2) is 0 Å². The highest BCUT2D eigenvalue weighted by Crippen LogP contribution is 2.19. The van der Waals surface area contributed by atoms with Crippen LogP contribution in [0.3, 0.4) is 0 Å². The number of carbonyl (C=O) groups is 1. The molecule has 23 heavy (non-hydrogen) atoms. The largest absolute Gasteiger partial charge is 0.399 e. The van der Waals surface area contributed by atoms with Crippen LogP contribution in [0.2, 0.25) is 0 Å². The van der Waals surface area contributed by atoms with E-state index in [0.29, 0.717) is 0 Å².